The van der Waals surface area contributed by atoms with Crippen LogP contribution in [0.5, 0.6) is 0 Å². The summed E-state index contributed by atoms with van der Waals surface area (Å²) < 4.78 is 0. The van der Waals surface area contributed by atoms with Crippen LogP contribution < -0.4 is 15.5 Å². The molecule has 0 spiro atoms. The largest absolute Gasteiger partial charge is 0.351 e. The van der Waals surface area contributed by atoms with Gasteiger partial charge in [-0.3, -0.25) is 19.5 Å². The molecule has 2 heterocycles. The van der Waals surface area contributed by atoms with Gasteiger partial charge in [0, 0.05) is 30.1 Å². The third-order valence-corrected chi connectivity index (χ3v) is 8.65. The number of carbonyl (C=O) groups excluding carboxylic acids is 2. The van der Waals surface area contributed by atoms with Crippen LogP contribution in [-0.2, 0) is 15.0 Å². The summed E-state index contributed by atoms with van der Waals surface area (Å²) in [5.41, 5.74) is 3.20. The Bertz CT molecular complexity index is 1040. The number of aliphatic imine (C=N–C) groups is 1. The molecule has 0 aromatic heterocycles. The summed E-state index contributed by atoms with van der Waals surface area (Å²) in [6.07, 6.45) is 11.6. The van der Waals surface area contributed by atoms with Gasteiger partial charge in [0.1, 0.15) is 0 Å². The first-order valence-corrected chi connectivity index (χ1v) is 14.0. The number of nitrogens with zero attached hydrogens (tertiary/aromatic N) is 2. The molecule has 0 radical (unpaired) electrons. The molecule has 36 heavy (non-hydrogen) atoms. The molecule has 4 aliphatic rings. The number of nitrogens with one attached hydrogen (secondary N) is 2. The average Bonchev–Trinajstić information content (AvgIpc) is 3.54. The smallest absolute Gasteiger partial charge is 0.251 e. The Kier molecular flexibility index (Phi) is 7.08. The summed E-state index contributed by atoms with van der Waals surface area (Å²) in [6, 6.07) is 8.23. The minimum absolute atomic E-state index is 0.00234. The number of rotatable bonds is 5. The molecule has 2 aliphatic carbocycles. The van der Waals surface area contributed by atoms with E-state index in [0.29, 0.717) is 6.42 Å². The van der Waals surface area contributed by atoms with Crippen molar-refractivity contribution < 1.29 is 9.59 Å². The molecule has 2 atom stereocenters. The molecular formula is C30H42N4O2. The van der Waals surface area contributed by atoms with Crippen molar-refractivity contribution in [2.75, 3.05) is 18.0 Å². The first-order chi connectivity index (χ1) is 17.3. The van der Waals surface area contributed by atoms with E-state index in [9.17, 15) is 9.59 Å². The van der Waals surface area contributed by atoms with Crippen molar-refractivity contribution in [3.05, 3.63) is 41.0 Å². The predicted molar refractivity (Wildman–Crippen MR) is 146 cm³/mol. The Morgan fingerprint density at radius 1 is 1.03 bits per heavy atom. The van der Waals surface area contributed by atoms with E-state index in [1.54, 1.807) is 0 Å². The molecule has 6 nitrogen and oxygen atoms in total. The lowest BCUT2D eigenvalue weighted by atomic mass is 9.83. The molecule has 6 heteroatoms. The highest BCUT2D eigenvalue weighted by Crippen LogP contribution is 2.45. The second-order valence-corrected chi connectivity index (χ2v) is 12.1. The Labute approximate surface area is 216 Å². The van der Waals surface area contributed by atoms with Crippen LogP contribution >= 0.6 is 0 Å². The third kappa shape index (κ3) is 4.65. The number of anilines is 1. The van der Waals surface area contributed by atoms with Crippen molar-refractivity contribution in [1.82, 2.24) is 10.6 Å². The van der Waals surface area contributed by atoms with E-state index in [1.807, 2.05) is 23.2 Å². The Morgan fingerprint density at radius 2 is 1.78 bits per heavy atom. The molecule has 1 aromatic rings. The number of dihydropyridines is 1. The van der Waals surface area contributed by atoms with Gasteiger partial charge in [-0.15, -0.1) is 0 Å². The molecule has 194 valence electrons. The Hall–Kier alpha value is -2.47. The van der Waals surface area contributed by atoms with Gasteiger partial charge in [-0.2, -0.15) is 0 Å². The Balaban J connectivity index is 1.61. The van der Waals surface area contributed by atoms with Gasteiger partial charge in [-0.25, -0.2) is 0 Å². The van der Waals surface area contributed by atoms with Crippen molar-refractivity contribution in [2.45, 2.75) is 108 Å². The lowest BCUT2D eigenvalue weighted by Gasteiger charge is -2.43. The zero-order chi connectivity index (χ0) is 25.3. The highest BCUT2D eigenvalue weighted by molar-refractivity contribution is 6.12. The van der Waals surface area contributed by atoms with Gasteiger partial charge >= 0.3 is 0 Å². The van der Waals surface area contributed by atoms with Crippen molar-refractivity contribution >= 4 is 23.7 Å². The van der Waals surface area contributed by atoms with E-state index in [2.05, 4.69) is 48.5 Å². The highest BCUT2D eigenvalue weighted by Gasteiger charge is 2.55. The van der Waals surface area contributed by atoms with Crippen LogP contribution in [0, 0.1) is 0 Å². The average molecular weight is 491 g/mol. The molecule has 2 unspecified atom stereocenters. The summed E-state index contributed by atoms with van der Waals surface area (Å²) in [4.78, 5) is 35.2. The molecule has 2 fully saturated rings. The van der Waals surface area contributed by atoms with Gasteiger partial charge in [-0.1, -0.05) is 57.7 Å². The minimum Gasteiger partial charge on any atom is -0.351 e. The summed E-state index contributed by atoms with van der Waals surface area (Å²) in [5.74, 6) is -0.0264. The lowest BCUT2D eigenvalue weighted by molar-refractivity contribution is -0.130. The monoisotopic (exact) mass is 490 g/mol. The number of hydrogen-bond acceptors (Lipinski definition) is 4. The molecule has 1 aromatic carbocycles. The van der Waals surface area contributed by atoms with Crippen molar-refractivity contribution in [3.63, 3.8) is 0 Å². The maximum atomic E-state index is 14.4. The summed E-state index contributed by atoms with van der Waals surface area (Å²) >= 11 is 0. The van der Waals surface area contributed by atoms with Gasteiger partial charge < -0.3 is 10.6 Å². The maximum Gasteiger partial charge on any atom is 0.251 e. The minimum atomic E-state index is -1.05. The van der Waals surface area contributed by atoms with Crippen LogP contribution in [0.15, 0.2) is 40.4 Å². The number of carbonyl (C=O) groups is 2. The zero-order valence-corrected chi connectivity index (χ0v) is 22.2. The van der Waals surface area contributed by atoms with E-state index >= 15 is 0 Å². The quantitative estimate of drug-likeness (QED) is 0.621. The van der Waals surface area contributed by atoms with Crippen LogP contribution in [0.4, 0.5) is 5.69 Å². The fraction of sp³-hybridized carbons (Fsp3) is 0.633. The van der Waals surface area contributed by atoms with Gasteiger partial charge in [0.05, 0.1) is 6.04 Å². The van der Waals surface area contributed by atoms with E-state index in [0.717, 1.165) is 75.7 Å². The zero-order valence-electron chi connectivity index (χ0n) is 22.2. The molecule has 2 N–H and O–H groups in total. The van der Waals surface area contributed by atoms with Crippen molar-refractivity contribution in [2.24, 2.45) is 4.99 Å². The van der Waals surface area contributed by atoms with Gasteiger partial charge in [-0.05, 0) is 74.6 Å². The second-order valence-electron chi connectivity index (χ2n) is 12.1. The lowest BCUT2D eigenvalue weighted by Crippen LogP contribution is -2.65. The molecule has 5 rings (SSSR count). The molecule has 1 saturated carbocycles. The van der Waals surface area contributed by atoms with E-state index in [1.165, 1.54) is 17.6 Å². The maximum absolute atomic E-state index is 14.4. The van der Waals surface area contributed by atoms with Crippen LogP contribution in [0.3, 0.4) is 0 Å². The number of amides is 2. The highest BCUT2D eigenvalue weighted by atomic mass is 16.2. The van der Waals surface area contributed by atoms with E-state index in [-0.39, 0.29) is 29.3 Å². The first-order valence-electron chi connectivity index (χ1n) is 14.0. The first kappa shape index (κ1) is 25.2. The van der Waals surface area contributed by atoms with E-state index < -0.39 is 5.54 Å². The second kappa shape index (κ2) is 10.1. The predicted octanol–water partition coefficient (Wildman–Crippen LogP) is 4.82. The SMILES string of the molecule is CC(C)(C)c1ccc(N(C(=O)C2CCCN2)C2(C(=O)NC3CCCCC3)CCC3=C2C=NCC3)cc1. The number of benzene rings is 1. The van der Waals surface area contributed by atoms with Crippen molar-refractivity contribution in [1.29, 1.82) is 0 Å². The number of hydrogen-bond donors (Lipinski definition) is 2. The summed E-state index contributed by atoms with van der Waals surface area (Å²) in [5, 5.41) is 6.82. The van der Waals surface area contributed by atoms with Crippen molar-refractivity contribution in [3.8, 4) is 0 Å². The van der Waals surface area contributed by atoms with E-state index in [4.69, 9.17) is 0 Å². The van der Waals surface area contributed by atoms with Gasteiger partial charge in [0.15, 0.2) is 5.54 Å². The molecule has 1 saturated heterocycles. The third-order valence-electron chi connectivity index (χ3n) is 8.65. The Morgan fingerprint density at radius 3 is 2.44 bits per heavy atom. The van der Waals surface area contributed by atoms with Gasteiger partial charge in [0.25, 0.3) is 5.91 Å². The van der Waals surface area contributed by atoms with Crippen LogP contribution in [0.2, 0.25) is 0 Å². The molecular weight excluding hydrogens is 448 g/mol. The standard InChI is InChI=1S/C30H42N4O2/c1-29(2,3)22-11-13-24(14-12-22)34(27(35)26-10-7-18-32-26)30(17-15-21-16-19-31-20-25(21)30)28(36)33-23-8-5-4-6-9-23/h11-14,20,23,26,32H,4-10,15-19H2,1-3H3,(H,33,36). The normalized spacial score (nSPS) is 26.7. The fourth-order valence-corrected chi connectivity index (χ4v) is 6.53. The molecule has 0 bridgehead atoms. The van der Waals surface area contributed by atoms with Gasteiger partial charge in [0.2, 0.25) is 5.91 Å². The molecule has 2 aliphatic heterocycles. The van der Waals surface area contributed by atoms with Crippen LogP contribution in [0.1, 0.15) is 90.5 Å². The summed E-state index contributed by atoms with van der Waals surface area (Å²) in [7, 11) is 0. The topological polar surface area (TPSA) is 73.8 Å². The van der Waals surface area contributed by atoms with Crippen LogP contribution in [-0.4, -0.2) is 48.7 Å². The molecule has 2 amide bonds. The van der Waals surface area contributed by atoms with Crippen LogP contribution in [0.25, 0.3) is 0 Å². The summed E-state index contributed by atoms with van der Waals surface area (Å²) in [6.45, 7) is 8.18. The fourth-order valence-electron chi connectivity index (χ4n) is 6.53.